The van der Waals surface area contributed by atoms with Gasteiger partial charge in [-0.1, -0.05) is 6.92 Å². The van der Waals surface area contributed by atoms with E-state index in [-0.39, 0.29) is 23.8 Å². The minimum atomic E-state index is -0.437. The Balaban J connectivity index is 2.44. The summed E-state index contributed by atoms with van der Waals surface area (Å²) >= 11 is 0. The molecule has 0 aromatic heterocycles. The molecule has 0 bridgehead atoms. The minimum absolute atomic E-state index is 0.0111. The van der Waals surface area contributed by atoms with E-state index in [0.717, 1.165) is 25.7 Å². The number of esters is 2. The molecule has 1 unspecified atom stereocenters. The number of ether oxygens (including phenoxy) is 2. The van der Waals surface area contributed by atoms with Crippen LogP contribution in [0.1, 0.15) is 60.3 Å². The highest BCUT2D eigenvalue weighted by Crippen LogP contribution is 2.35. The van der Waals surface area contributed by atoms with Crippen LogP contribution in [0.15, 0.2) is 0 Å². The third-order valence-electron chi connectivity index (χ3n) is 3.88. The van der Waals surface area contributed by atoms with E-state index in [1.807, 2.05) is 34.6 Å². The molecule has 20 heavy (non-hydrogen) atoms. The van der Waals surface area contributed by atoms with Crippen molar-refractivity contribution in [2.24, 2.45) is 17.8 Å². The van der Waals surface area contributed by atoms with Gasteiger partial charge in [0, 0.05) is 0 Å². The third-order valence-corrected chi connectivity index (χ3v) is 3.88. The lowest BCUT2D eigenvalue weighted by Crippen LogP contribution is -2.33. The van der Waals surface area contributed by atoms with E-state index in [1.165, 1.54) is 0 Å². The van der Waals surface area contributed by atoms with E-state index in [4.69, 9.17) is 9.47 Å². The van der Waals surface area contributed by atoms with E-state index in [9.17, 15) is 9.59 Å². The molecule has 0 spiro atoms. The molecule has 1 aliphatic carbocycles. The quantitative estimate of drug-likeness (QED) is 0.743. The van der Waals surface area contributed by atoms with Crippen LogP contribution >= 0.6 is 0 Å². The third kappa shape index (κ3) is 5.14. The standard InChI is InChI=1S/C16H28O4/c1-6-19-15(18)13-9-7-12(8-10-13)11(2)14(17)20-16(3,4)5/h11-13H,6-10H2,1-5H3. The van der Waals surface area contributed by atoms with Crippen molar-refractivity contribution in [1.82, 2.24) is 0 Å². The van der Waals surface area contributed by atoms with Crippen LogP contribution in [-0.2, 0) is 19.1 Å². The van der Waals surface area contributed by atoms with Crippen molar-refractivity contribution < 1.29 is 19.1 Å². The maximum absolute atomic E-state index is 12.1. The zero-order valence-electron chi connectivity index (χ0n) is 13.4. The first-order valence-corrected chi connectivity index (χ1v) is 7.64. The average molecular weight is 284 g/mol. The fourth-order valence-corrected chi connectivity index (χ4v) is 2.70. The van der Waals surface area contributed by atoms with Crippen LogP contribution in [-0.4, -0.2) is 24.1 Å². The Hall–Kier alpha value is -1.06. The van der Waals surface area contributed by atoms with Gasteiger partial charge in [0.2, 0.25) is 0 Å². The molecule has 0 radical (unpaired) electrons. The summed E-state index contributed by atoms with van der Waals surface area (Å²) in [4.78, 5) is 23.7. The van der Waals surface area contributed by atoms with Crippen LogP contribution in [0.4, 0.5) is 0 Å². The summed E-state index contributed by atoms with van der Waals surface area (Å²) in [6.45, 7) is 9.85. The van der Waals surface area contributed by atoms with Crippen LogP contribution in [0.25, 0.3) is 0 Å². The molecule has 1 fully saturated rings. The Morgan fingerprint density at radius 3 is 2.15 bits per heavy atom. The summed E-state index contributed by atoms with van der Waals surface area (Å²) in [5.74, 6) is 0.0119. The maximum Gasteiger partial charge on any atom is 0.309 e. The number of rotatable bonds is 4. The van der Waals surface area contributed by atoms with Crippen LogP contribution in [0.5, 0.6) is 0 Å². The molecule has 0 amide bonds. The van der Waals surface area contributed by atoms with Gasteiger partial charge in [0.05, 0.1) is 18.4 Å². The zero-order valence-corrected chi connectivity index (χ0v) is 13.4. The van der Waals surface area contributed by atoms with Crippen molar-refractivity contribution in [3.05, 3.63) is 0 Å². The molecule has 1 saturated carbocycles. The van der Waals surface area contributed by atoms with Crippen molar-refractivity contribution in [2.75, 3.05) is 6.61 Å². The predicted molar refractivity (Wildman–Crippen MR) is 77.1 cm³/mol. The second-order valence-corrected chi connectivity index (χ2v) is 6.69. The van der Waals surface area contributed by atoms with Gasteiger partial charge in [0.25, 0.3) is 0 Å². The average Bonchev–Trinajstić information content (AvgIpc) is 2.36. The summed E-state index contributed by atoms with van der Waals surface area (Å²) in [7, 11) is 0. The molecule has 4 nitrogen and oxygen atoms in total. The number of hydrogen-bond acceptors (Lipinski definition) is 4. The Labute approximate surface area is 122 Å². The van der Waals surface area contributed by atoms with Crippen molar-refractivity contribution in [2.45, 2.75) is 65.9 Å². The molecule has 0 N–H and O–H groups in total. The second kappa shape index (κ2) is 7.09. The normalized spacial score (nSPS) is 24.9. The predicted octanol–water partition coefficient (Wildman–Crippen LogP) is 3.33. The molecule has 116 valence electrons. The molecule has 0 saturated heterocycles. The van der Waals surface area contributed by atoms with Gasteiger partial charge in [0.15, 0.2) is 0 Å². The number of carbonyl (C=O) groups excluding carboxylic acids is 2. The fourth-order valence-electron chi connectivity index (χ4n) is 2.70. The van der Waals surface area contributed by atoms with E-state index < -0.39 is 5.60 Å². The maximum atomic E-state index is 12.1. The monoisotopic (exact) mass is 284 g/mol. The lowest BCUT2D eigenvalue weighted by Gasteiger charge is -2.31. The van der Waals surface area contributed by atoms with Gasteiger partial charge in [-0.05, 0) is 59.3 Å². The van der Waals surface area contributed by atoms with Gasteiger partial charge >= 0.3 is 11.9 Å². The van der Waals surface area contributed by atoms with E-state index in [1.54, 1.807) is 0 Å². The lowest BCUT2D eigenvalue weighted by molar-refractivity contribution is -0.162. The van der Waals surface area contributed by atoms with Crippen molar-refractivity contribution in [1.29, 1.82) is 0 Å². The Bertz CT molecular complexity index is 335. The zero-order chi connectivity index (χ0) is 15.3. The van der Waals surface area contributed by atoms with Gasteiger partial charge < -0.3 is 9.47 Å². The lowest BCUT2D eigenvalue weighted by atomic mass is 9.76. The number of carbonyl (C=O) groups is 2. The Kier molecular flexibility index (Phi) is 6.03. The molecule has 0 aliphatic heterocycles. The van der Waals surface area contributed by atoms with Crippen LogP contribution < -0.4 is 0 Å². The van der Waals surface area contributed by atoms with E-state index in [2.05, 4.69) is 0 Å². The van der Waals surface area contributed by atoms with Crippen LogP contribution in [0.2, 0.25) is 0 Å². The second-order valence-electron chi connectivity index (χ2n) is 6.69. The highest BCUT2D eigenvalue weighted by atomic mass is 16.6. The molecule has 1 atom stereocenters. The molecule has 1 aliphatic rings. The van der Waals surface area contributed by atoms with Gasteiger partial charge in [-0.3, -0.25) is 9.59 Å². The van der Waals surface area contributed by atoms with Gasteiger partial charge in [0.1, 0.15) is 5.60 Å². The molecule has 0 aromatic rings. The summed E-state index contributed by atoms with van der Waals surface area (Å²) in [6, 6.07) is 0. The minimum Gasteiger partial charge on any atom is -0.466 e. The largest absolute Gasteiger partial charge is 0.466 e. The molecule has 0 aromatic carbocycles. The first-order chi connectivity index (χ1) is 9.24. The van der Waals surface area contributed by atoms with Gasteiger partial charge in [-0.25, -0.2) is 0 Å². The molecule has 4 heteroatoms. The summed E-state index contributed by atoms with van der Waals surface area (Å²) < 4.78 is 10.5. The first-order valence-electron chi connectivity index (χ1n) is 7.64. The fraction of sp³-hybridized carbons (Fsp3) is 0.875. The van der Waals surface area contributed by atoms with E-state index in [0.29, 0.717) is 12.5 Å². The van der Waals surface area contributed by atoms with Crippen LogP contribution in [0, 0.1) is 17.8 Å². The SMILES string of the molecule is CCOC(=O)C1CCC(C(C)C(=O)OC(C)(C)C)CC1. The highest BCUT2D eigenvalue weighted by Gasteiger charge is 2.34. The van der Waals surface area contributed by atoms with Crippen LogP contribution in [0.3, 0.4) is 0 Å². The molecular weight excluding hydrogens is 256 g/mol. The van der Waals surface area contributed by atoms with Gasteiger partial charge in [-0.15, -0.1) is 0 Å². The topological polar surface area (TPSA) is 52.6 Å². The van der Waals surface area contributed by atoms with Crippen molar-refractivity contribution in [3.8, 4) is 0 Å². The first kappa shape index (κ1) is 17.0. The smallest absolute Gasteiger partial charge is 0.309 e. The Morgan fingerprint density at radius 1 is 1.15 bits per heavy atom. The summed E-state index contributed by atoms with van der Waals surface area (Å²) in [5, 5.41) is 0. The Morgan fingerprint density at radius 2 is 1.70 bits per heavy atom. The molecular formula is C16H28O4. The summed E-state index contributed by atoms with van der Waals surface area (Å²) in [6.07, 6.45) is 3.42. The summed E-state index contributed by atoms with van der Waals surface area (Å²) in [5.41, 5.74) is -0.437. The molecule has 1 rings (SSSR count). The van der Waals surface area contributed by atoms with Gasteiger partial charge in [-0.2, -0.15) is 0 Å². The highest BCUT2D eigenvalue weighted by molar-refractivity contribution is 5.74. The molecule has 0 heterocycles. The van der Waals surface area contributed by atoms with E-state index >= 15 is 0 Å². The van der Waals surface area contributed by atoms with Crippen molar-refractivity contribution >= 4 is 11.9 Å². The number of hydrogen-bond donors (Lipinski definition) is 0. The van der Waals surface area contributed by atoms with Crippen molar-refractivity contribution in [3.63, 3.8) is 0 Å².